The minimum Gasteiger partial charge on any atom is -0.355 e. The molecular formula is C12H19N3O3S. The standard InChI is InChI=1S/C12H19N3O3S/c1-14-19(17,18)7-6-15-12(16)8-10-4-2-3-5-11(10)9-13/h2-5,14H,6-9,13H2,1H3,(H,15,16). The van der Waals surface area contributed by atoms with Gasteiger partial charge in [-0.05, 0) is 18.2 Å². The van der Waals surface area contributed by atoms with Crippen LogP contribution in [0.2, 0.25) is 0 Å². The molecule has 0 atom stereocenters. The van der Waals surface area contributed by atoms with E-state index in [1.165, 1.54) is 7.05 Å². The Labute approximate surface area is 113 Å². The second kappa shape index (κ2) is 7.22. The van der Waals surface area contributed by atoms with E-state index in [2.05, 4.69) is 10.0 Å². The first kappa shape index (κ1) is 15.6. The molecule has 0 unspecified atom stereocenters. The maximum atomic E-state index is 11.7. The predicted molar refractivity (Wildman–Crippen MR) is 73.9 cm³/mol. The maximum Gasteiger partial charge on any atom is 0.224 e. The fourth-order valence-corrected chi connectivity index (χ4v) is 2.17. The first-order chi connectivity index (χ1) is 8.98. The van der Waals surface area contributed by atoms with Crippen LogP contribution < -0.4 is 15.8 Å². The Morgan fingerprint density at radius 3 is 2.47 bits per heavy atom. The van der Waals surface area contributed by atoms with Crippen molar-refractivity contribution in [3.05, 3.63) is 35.4 Å². The summed E-state index contributed by atoms with van der Waals surface area (Å²) in [6.45, 7) is 0.463. The summed E-state index contributed by atoms with van der Waals surface area (Å²) in [5.41, 5.74) is 7.36. The molecule has 0 aliphatic carbocycles. The summed E-state index contributed by atoms with van der Waals surface area (Å²) in [7, 11) is -1.94. The van der Waals surface area contributed by atoms with Crippen LogP contribution in [0, 0.1) is 0 Å². The zero-order chi connectivity index (χ0) is 14.3. The molecule has 1 aromatic rings. The second-order valence-corrected chi connectivity index (χ2v) is 6.07. The van der Waals surface area contributed by atoms with Gasteiger partial charge in [-0.1, -0.05) is 24.3 Å². The van der Waals surface area contributed by atoms with E-state index in [-0.39, 0.29) is 24.6 Å². The first-order valence-corrected chi connectivity index (χ1v) is 7.58. The van der Waals surface area contributed by atoms with Gasteiger partial charge in [0, 0.05) is 13.1 Å². The molecular weight excluding hydrogens is 266 g/mol. The highest BCUT2D eigenvalue weighted by atomic mass is 32.2. The van der Waals surface area contributed by atoms with Crippen molar-refractivity contribution < 1.29 is 13.2 Å². The Balaban J connectivity index is 2.48. The van der Waals surface area contributed by atoms with E-state index in [4.69, 9.17) is 5.73 Å². The number of rotatable bonds is 7. The van der Waals surface area contributed by atoms with Crippen molar-refractivity contribution in [2.24, 2.45) is 5.73 Å². The third-order valence-electron chi connectivity index (χ3n) is 2.69. The molecule has 0 saturated heterocycles. The zero-order valence-corrected chi connectivity index (χ0v) is 11.7. The van der Waals surface area contributed by atoms with Crippen molar-refractivity contribution in [1.82, 2.24) is 10.0 Å². The van der Waals surface area contributed by atoms with Crippen LogP contribution in [0.5, 0.6) is 0 Å². The molecule has 0 saturated carbocycles. The van der Waals surface area contributed by atoms with Crippen molar-refractivity contribution in [3.63, 3.8) is 0 Å². The van der Waals surface area contributed by atoms with Crippen LogP contribution in [0.4, 0.5) is 0 Å². The molecule has 1 amide bonds. The Hall–Kier alpha value is -1.44. The van der Waals surface area contributed by atoms with E-state index in [1.807, 2.05) is 24.3 Å². The summed E-state index contributed by atoms with van der Waals surface area (Å²) < 4.78 is 24.5. The smallest absolute Gasteiger partial charge is 0.224 e. The molecule has 0 heterocycles. The van der Waals surface area contributed by atoms with E-state index in [9.17, 15) is 13.2 Å². The molecule has 6 nitrogen and oxygen atoms in total. The van der Waals surface area contributed by atoms with Gasteiger partial charge in [-0.25, -0.2) is 13.1 Å². The highest BCUT2D eigenvalue weighted by molar-refractivity contribution is 7.89. The molecule has 19 heavy (non-hydrogen) atoms. The Kier molecular flexibility index (Phi) is 5.94. The Morgan fingerprint density at radius 2 is 1.89 bits per heavy atom. The maximum absolute atomic E-state index is 11.7. The topological polar surface area (TPSA) is 101 Å². The second-order valence-electron chi connectivity index (χ2n) is 4.02. The third kappa shape index (κ3) is 5.37. The minimum atomic E-state index is -3.29. The van der Waals surface area contributed by atoms with E-state index >= 15 is 0 Å². The number of hydrogen-bond acceptors (Lipinski definition) is 4. The van der Waals surface area contributed by atoms with E-state index in [0.29, 0.717) is 6.54 Å². The van der Waals surface area contributed by atoms with Crippen LogP contribution in [-0.2, 0) is 27.8 Å². The lowest BCUT2D eigenvalue weighted by molar-refractivity contribution is -0.120. The van der Waals surface area contributed by atoms with Gasteiger partial charge in [0.1, 0.15) is 0 Å². The monoisotopic (exact) mass is 285 g/mol. The Morgan fingerprint density at radius 1 is 1.26 bits per heavy atom. The lowest BCUT2D eigenvalue weighted by Gasteiger charge is -2.08. The lowest BCUT2D eigenvalue weighted by Crippen LogP contribution is -2.33. The number of carbonyl (C=O) groups excluding carboxylic acids is 1. The quantitative estimate of drug-likeness (QED) is 0.620. The average molecular weight is 285 g/mol. The normalized spacial score (nSPS) is 11.3. The number of sulfonamides is 1. The lowest BCUT2D eigenvalue weighted by atomic mass is 10.0. The third-order valence-corrected chi connectivity index (χ3v) is 4.06. The summed E-state index contributed by atoms with van der Waals surface area (Å²) in [6.07, 6.45) is 0.201. The van der Waals surface area contributed by atoms with Crippen molar-refractivity contribution >= 4 is 15.9 Å². The van der Waals surface area contributed by atoms with E-state index < -0.39 is 10.0 Å². The highest BCUT2D eigenvalue weighted by Gasteiger charge is 2.09. The van der Waals surface area contributed by atoms with E-state index in [0.717, 1.165) is 11.1 Å². The summed E-state index contributed by atoms with van der Waals surface area (Å²) in [5, 5.41) is 2.57. The zero-order valence-electron chi connectivity index (χ0n) is 10.8. The number of carbonyl (C=O) groups is 1. The molecule has 0 spiro atoms. The molecule has 1 aromatic carbocycles. The molecule has 0 fully saturated rings. The van der Waals surface area contributed by atoms with Gasteiger partial charge in [0.25, 0.3) is 0 Å². The van der Waals surface area contributed by atoms with Gasteiger partial charge in [-0.3, -0.25) is 4.79 Å². The molecule has 106 valence electrons. The fraction of sp³-hybridized carbons (Fsp3) is 0.417. The van der Waals surface area contributed by atoms with Gasteiger partial charge in [-0.15, -0.1) is 0 Å². The van der Waals surface area contributed by atoms with Crippen molar-refractivity contribution in [1.29, 1.82) is 0 Å². The molecule has 0 aromatic heterocycles. The molecule has 0 aliphatic heterocycles. The fourth-order valence-electron chi connectivity index (χ4n) is 1.59. The van der Waals surface area contributed by atoms with Gasteiger partial charge in [0.05, 0.1) is 12.2 Å². The molecule has 0 bridgehead atoms. The molecule has 1 rings (SSSR count). The van der Waals surface area contributed by atoms with Crippen molar-refractivity contribution in [3.8, 4) is 0 Å². The first-order valence-electron chi connectivity index (χ1n) is 5.93. The van der Waals surface area contributed by atoms with Crippen LogP contribution in [0.15, 0.2) is 24.3 Å². The molecule has 4 N–H and O–H groups in total. The minimum absolute atomic E-state index is 0.0901. The van der Waals surface area contributed by atoms with E-state index in [1.54, 1.807) is 0 Å². The summed E-state index contributed by atoms with van der Waals surface area (Å²) in [4.78, 5) is 11.7. The van der Waals surface area contributed by atoms with Crippen LogP contribution >= 0.6 is 0 Å². The summed E-state index contributed by atoms with van der Waals surface area (Å²) in [5.74, 6) is -0.347. The van der Waals surface area contributed by atoms with Crippen LogP contribution in [-0.4, -0.2) is 33.7 Å². The van der Waals surface area contributed by atoms with Crippen molar-refractivity contribution in [2.75, 3.05) is 19.3 Å². The highest BCUT2D eigenvalue weighted by Crippen LogP contribution is 2.08. The molecule has 0 aliphatic rings. The van der Waals surface area contributed by atoms with Crippen LogP contribution in [0.25, 0.3) is 0 Å². The number of amides is 1. The van der Waals surface area contributed by atoms with Gasteiger partial charge in [0.2, 0.25) is 15.9 Å². The predicted octanol–water partition coefficient (Wildman–Crippen LogP) is -0.647. The largest absolute Gasteiger partial charge is 0.355 e. The Bertz CT molecular complexity index is 529. The SMILES string of the molecule is CNS(=O)(=O)CCNC(=O)Cc1ccccc1CN. The number of nitrogens with two attached hydrogens (primary N) is 1. The number of hydrogen-bond donors (Lipinski definition) is 3. The average Bonchev–Trinajstić information content (AvgIpc) is 2.39. The summed E-state index contributed by atoms with van der Waals surface area (Å²) in [6, 6.07) is 7.41. The van der Waals surface area contributed by atoms with Gasteiger partial charge in [-0.2, -0.15) is 0 Å². The molecule has 0 radical (unpaired) electrons. The number of benzene rings is 1. The van der Waals surface area contributed by atoms with Gasteiger partial charge < -0.3 is 11.1 Å². The van der Waals surface area contributed by atoms with Crippen LogP contribution in [0.1, 0.15) is 11.1 Å². The summed E-state index contributed by atoms with van der Waals surface area (Å²) >= 11 is 0. The van der Waals surface area contributed by atoms with Crippen molar-refractivity contribution in [2.45, 2.75) is 13.0 Å². The number of nitrogens with one attached hydrogen (secondary N) is 2. The van der Waals surface area contributed by atoms with Crippen LogP contribution in [0.3, 0.4) is 0 Å². The van der Waals surface area contributed by atoms with Gasteiger partial charge in [0.15, 0.2) is 0 Å². The van der Waals surface area contributed by atoms with Gasteiger partial charge >= 0.3 is 0 Å². The molecule has 7 heteroatoms.